The average molecular weight is 269 g/mol. The van der Waals surface area contributed by atoms with Gasteiger partial charge in [-0.15, -0.1) is 0 Å². The van der Waals surface area contributed by atoms with Gasteiger partial charge in [0.2, 0.25) is 0 Å². The molecule has 0 aliphatic carbocycles. The highest BCUT2D eigenvalue weighted by molar-refractivity contribution is 7.91. The standard InChI is InChI=1S/C12H15NO4S/c1-9-2-3-10(11(14)8-9)12(15)13-4-6-18(16,17)7-5-13/h2-3,8,14H,4-7H2,1H3. The number of nitrogens with zero attached hydrogens (tertiary/aromatic N) is 1. The molecule has 1 saturated heterocycles. The molecule has 0 aromatic heterocycles. The van der Waals surface area contributed by atoms with Gasteiger partial charge in [-0.3, -0.25) is 4.79 Å². The Morgan fingerprint density at radius 3 is 2.44 bits per heavy atom. The summed E-state index contributed by atoms with van der Waals surface area (Å²) in [6.45, 7) is 2.20. The van der Waals surface area contributed by atoms with Crippen molar-refractivity contribution in [2.45, 2.75) is 6.92 Å². The number of carbonyl (C=O) groups is 1. The summed E-state index contributed by atoms with van der Waals surface area (Å²) in [7, 11) is -3.00. The van der Waals surface area contributed by atoms with Gasteiger partial charge in [-0.25, -0.2) is 8.42 Å². The van der Waals surface area contributed by atoms with Crippen LogP contribution in [0.15, 0.2) is 18.2 Å². The summed E-state index contributed by atoms with van der Waals surface area (Å²) in [4.78, 5) is 13.6. The third kappa shape index (κ3) is 2.64. The van der Waals surface area contributed by atoms with Crippen molar-refractivity contribution in [1.29, 1.82) is 0 Å². The SMILES string of the molecule is Cc1ccc(C(=O)N2CCS(=O)(=O)CC2)c(O)c1. The zero-order valence-corrected chi connectivity index (χ0v) is 10.9. The second kappa shape index (κ2) is 4.61. The first-order valence-electron chi connectivity index (χ1n) is 5.68. The maximum atomic E-state index is 12.1. The van der Waals surface area contributed by atoms with E-state index >= 15 is 0 Å². The van der Waals surface area contributed by atoms with Gasteiger partial charge in [0.05, 0.1) is 17.1 Å². The first-order chi connectivity index (χ1) is 8.39. The Morgan fingerprint density at radius 1 is 1.28 bits per heavy atom. The first-order valence-corrected chi connectivity index (χ1v) is 7.50. The maximum absolute atomic E-state index is 12.1. The molecule has 0 radical (unpaired) electrons. The molecule has 1 amide bonds. The number of phenolic OH excluding ortho intramolecular Hbond substituents is 1. The molecule has 2 rings (SSSR count). The molecule has 1 N–H and O–H groups in total. The first kappa shape index (κ1) is 12.9. The molecule has 6 heteroatoms. The van der Waals surface area contributed by atoms with Crippen LogP contribution in [0.4, 0.5) is 0 Å². The second-order valence-corrected chi connectivity index (χ2v) is 6.77. The van der Waals surface area contributed by atoms with E-state index in [2.05, 4.69) is 0 Å². The van der Waals surface area contributed by atoms with Crippen LogP contribution in [0.25, 0.3) is 0 Å². The maximum Gasteiger partial charge on any atom is 0.257 e. The van der Waals surface area contributed by atoms with Crippen LogP contribution in [0.3, 0.4) is 0 Å². The van der Waals surface area contributed by atoms with E-state index in [4.69, 9.17) is 0 Å². The van der Waals surface area contributed by atoms with Crippen LogP contribution in [0, 0.1) is 6.92 Å². The number of aromatic hydroxyl groups is 1. The predicted octanol–water partition coefficient (Wildman–Crippen LogP) is 0.571. The molecule has 0 spiro atoms. The highest BCUT2D eigenvalue weighted by Crippen LogP contribution is 2.21. The highest BCUT2D eigenvalue weighted by atomic mass is 32.2. The topological polar surface area (TPSA) is 74.7 Å². The van der Waals surface area contributed by atoms with Crippen LogP contribution >= 0.6 is 0 Å². The van der Waals surface area contributed by atoms with E-state index in [9.17, 15) is 18.3 Å². The number of hydrogen-bond donors (Lipinski definition) is 1. The van der Waals surface area contributed by atoms with E-state index in [1.165, 1.54) is 11.0 Å². The highest BCUT2D eigenvalue weighted by Gasteiger charge is 2.26. The van der Waals surface area contributed by atoms with Crippen molar-refractivity contribution < 1.29 is 18.3 Å². The molecule has 18 heavy (non-hydrogen) atoms. The second-order valence-electron chi connectivity index (χ2n) is 4.46. The average Bonchev–Trinajstić information content (AvgIpc) is 2.28. The molecule has 0 saturated carbocycles. The lowest BCUT2D eigenvalue weighted by Gasteiger charge is -2.27. The van der Waals surface area contributed by atoms with Crippen molar-refractivity contribution in [2.24, 2.45) is 0 Å². The molecule has 1 aliphatic rings. The zero-order chi connectivity index (χ0) is 13.3. The molecule has 1 heterocycles. The van der Waals surface area contributed by atoms with Crippen molar-refractivity contribution in [3.63, 3.8) is 0 Å². The van der Waals surface area contributed by atoms with Crippen LogP contribution in [0.1, 0.15) is 15.9 Å². The fourth-order valence-corrected chi connectivity index (χ4v) is 3.11. The van der Waals surface area contributed by atoms with Crippen LogP contribution in [0.5, 0.6) is 5.75 Å². The van der Waals surface area contributed by atoms with E-state index in [-0.39, 0.29) is 41.8 Å². The number of rotatable bonds is 1. The zero-order valence-electron chi connectivity index (χ0n) is 10.1. The molecule has 0 bridgehead atoms. The van der Waals surface area contributed by atoms with Gasteiger partial charge >= 0.3 is 0 Å². The minimum absolute atomic E-state index is 0.00857. The Morgan fingerprint density at radius 2 is 1.89 bits per heavy atom. The van der Waals surface area contributed by atoms with Gasteiger partial charge in [-0.05, 0) is 24.6 Å². The summed E-state index contributed by atoms with van der Waals surface area (Å²) in [5.41, 5.74) is 1.09. The number of aryl methyl sites for hydroxylation is 1. The Labute approximate surface area is 106 Å². The molecular formula is C12H15NO4S. The van der Waals surface area contributed by atoms with Gasteiger partial charge in [0.1, 0.15) is 5.75 Å². The lowest BCUT2D eigenvalue weighted by Crippen LogP contribution is -2.43. The monoisotopic (exact) mass is 269 g/mol. The molecule has 98 valence electrons. The van der Waals surface area contributed by atoms with Gasteiger partial charge < -0.3 is 10.0 Å². The summed E-state index contributed by atoms with van der Waals surface area (Å²) in [5.74, 6) is -0.396. The van der Waals surface area contributed by atoms with E-state index in [0.717, 1.165) is 5.56 Å². The van der Waals surface area contributed by atoms with E-state index < -0.39 is 9.84 Å². The number of benzene rings is 1. The van der Waals surface area contributed by atoms with Crippen LogP contribution in [-0.2, 0) is 9.84 Å². The van der Waals surface area contributed by atoms with Gasteiger partial charge in [0, 0.05) is 13.1 Å². The molecule has 1 aliphatic heterocycles. The Kier molecular flexibility index (Phi) is 3.30. The Balaban J connectivity index is 2.17. The van der Waals surface area contributed by atoms with E-state index in [1.54, 1.807) is 12.1 Å². The van der Waals surface area contributed by atoms with Crippen LogP contribution in [-0.4, -0.2) is 48.9 Å². The largest absolute Gasteiger partial charge is 0.507 e. The molecule has 1 aromatic rings. The number of hydrogen-bond acceptors (Lipinski definition) is 4. The predicted molar refractivity (Wildman–Crippen MR) is 67.4 cm³/mol. The third-order valence-electron chi connectivity index (χ3n) is 3.02. The van der Waals surface area contributed by atoms with Crippen molar-refractivity contribution >= 4 is 15.7 Å². The third-order valence-corrected chi connectivity index (χ3v) is 4.62. The normalized spacial score (nSPS) is 18.6. The van der Waals surface area contributed by atoms with Crippen LogP contribution in [0.2, 0.25) is 0 Å². The summed E-state index contributed by atoms with van der Waals surface area (Å²) < 4.78 is 22.6. The smallest absolute Gasteiger partial charge is 0.257 e. The number of carbonyl (C=O) groups excluding carboxylic acids is 1. The summed E-state index contributed by atoms with van der Waals surface area (Å²) in [6, 6.07) is 4.83. The van der Waals surface area contributed by atoms with E-state index in [0.29, 0.717) is 0 Å². The molecule has 1 fully saturated rings. The van der Waals surface area contributed by atoms with Gasteiger partial charge in [0.25, 0.3) is 5.91 Å². The quantitative estimate of drug-likeness (QED) is 0.809. The molecule has 0 atom stereocenters. The molecule has 5 nitrogen and oxygen atoms in total. The fourth-order valence-electron chi connectivity index (χ4n) is 1.91. The number of phenols is 1. The molecule has 0 unspecified atom stereocenters. The Hall–Kier alpha value is -1.56. The van der Waals surface area contributed by atoms with E-state index in [1.807, 2.05) is 6.92 Å². The van der Waals surface area contributed by atoms with Crippen LogP contribution < -0.4 is 0 Å². The lowest BCUT2D eigenvalue weighted by atomic mass is 10.1. The van der Waals surface area contributed by atoms with Crippen molar-refractivity contribution in [3.05, 3.63) is 29.3 Å². The van der Waals surface area contributed by atoms with Gasteiger partial charge in [-0.1, -0.05) is 6.07 Å². The van der Waals surface area contributed by atoms with Crippen molar-refractivity contribution in [2.75, 3.05) is 24.6 Å². The number of sulfone groups is 1. The summed E-state index contributed by atoms with van der Waals surface area (Å²) >= 11 is 0. The van der Waals surface area contributed by atoms with Crippen molar-refractivity contribution in [3.8, 4) is 5.75 Å². The summed E-state index contributed by atoms with van der Waals surface area (Å²) in [6.07, 6.45) is 0. The fraction of sp³-hybridized carbons (Fsp3) is 0.417. The molecular weight excluding hydrogens is 254 g/mol. The number of amides is 1. The summed E-state index contributed by atoms with van der Waals surface area (Å²) in [5, 5.41) is 9.73. The van der Waals surface area contributed by atoms with Gasteiger partial charge in [0.15, 0.2) is 9.84 Å². The Bertz CT molecular complexity index is 566. The molecule has 1 aromatic carbocycles. The minimum atomic E-state index is -3.00. The van der Waals surface area contributed by atoms with Crippen molar-refractivity contribution in [1.82, 2.24) is 4.90 Å². The lowest BCUT2D eigenvalue weighted by molar-refractivity contribution is 0.0767. The van der Waals surface area contributed by atoms with Gasteiger partial charge in [-0.2, -0.15) is 0 Å². The minimum Gasteiger partial charge on any atom is -0.507 e.